The molecule has 2 rings (SSSR count). The second-order valence-corrected chi connectivity index (χ2v) is 6.51. The summed E-state index contributed by atoms with van der Waals surface area (Å²) in [5.74, 6) is 0.566. The predicted octanol–water partition coefficient (Wildman–Crippen LogP) is 3.04. The number of carbonyl (C=O) groups excluding carboxylic acids is 1. The number of nitrogens with zero attached hydrogens (tertiary/aromatic N) is 1. The fraction of sp³-hybridized carbons (Fsp3) is 0.286. The Hall–Kier alpha value is -1.53. The molecule has 0 spiro atoms. The van der Waals surface area contributed by atoms with Crippen molar-refractivity contribution in [2.45, 2.75) is 23.3 Å². The number of nitrogen functional groups attached to an aromatic ring is 1. The van der Waals surface area contributed by atoms with Crippen LogP contribution in [-0.2, 0) is 21.7 Å². The molecule has 0 atom stereocenters. The van der Waals surface area contributed by atoms with Crippen molar-refractivity contribution in [1.82, 2.24) is 4.98 Å². The van der Waals surface area contributed by atoms with Crippen LogP contribution in [0.4, 0.5) is 5.13 Å². The van der Waals surface area contributed by atoms with Crippen molar-refractivity contribution in [1.29, 1.82) is 0 Å². The van der Waals surface area contributed by atoms with Gasteiger partial charge in [-0.2, -0.15) is 0 Å². The Kier molecular flexibility index (Phi) is 5.03. The smallest absolute Gasteiger partial charge is 0.309 e. The molecule has 1 aromatic carbocycles. The van der Waals surface area contributed by atoms with Crippen LogP contribution in [0.25, 0.3) is 0 Å². The van der Waals surface area contributed by atoms with Crippen LogP contribution >= 0.6 is 23.1 Å². The zero-order valence-corrected chi connectivity index (χ0v) is 13.0. The first-order chi connectivity index (χ1) is 9.60. The lowest BCUT2D eigenvalue weighted by Crippen LogP contribution is -2.06. The standard InChI is InChI=1S/C14H16N2O2S2/c1-9-13(20-14(15)16-9)19-8-11-6-4-3-5-10(11)7-12(17)18-2/h3-6H,7-8H2,1-2H3,(H2,15,16). The number of carbonyl (C=O) groups is 1. The van der Waals surface area contributed by atoms with E-state index in [0.29, 0.717) is 11.6 Å². The van der Waals surface area contributed by atoms with Gasteiger partial charge in [-0.25, -0.2) is 4.98 Å². The minimum atomic E-state index is -0.222. The topological polar surface area (TPSA) is 65.2 Å². The van der Waals surface area contributed by atoms with E-state index in [1.807, 2.05) is 31.2 Å². The van der Waals surface area contributed by atoms with Gasteiger partial charge >= 0.3 is 5.97 Å². The molecule has 0 aliphatic rings. The third-order valence-electron chi connectivity index (χ3n) is 2.81. The van der Waals surface area contributed by atoms with Crippen molar-refractivity contribution in [3.05, 3.63) is 41.1 Å². The van der Waals surface area contributed by atoms with Crippen LogP contribution in [0.2, 0.25) is 0 Å². The summed E-state index contributed by atoms with van der Waals surface area (Å²) in [7, 11) is 1.41. The van der Waals surface area contributed by atoms with Gasteiger partial charge in [0.1, 0.15) is 0 Å². The molecular formula is C14H16N2O2S2. The fourth-order valence-corrected chi connectivity index (χ4v) is 3.84. The van der Waals surface area contributed by atoms with Gasteiger partial charge in [0, 0.05) is 5.75 Å². The zero-order valence-electron chi connectivity index (χ0n) is 11.4. The highest BCUT2D eigenvalue weighted by molar-refractivity contribution is 8.00. The summed E-state index contributed by atoms with van der Waals surface area (Å²) >= 11 is 3.19. The maximum Gasteiger partial charge on any atom is 0.309 e. The van der Waals surface area contributed by atoms with E-state index in [4.69, 9.17) is 10.5 Å². The number of thioether (sulfide) groups is 1. The number of benzene rings is 1. The van der Waals surface area contributed by atoms with E-state index in [0.717, 1.165) is 26.8 Å². The van der Waals surface area contributed by atoms with Crippen LogP contribution in [0.3, 0.4) is 0 Å². The Morgan fingerprint density at radius 3 is 2.70 bits per heavy atom. The van der Waals surface area contributed by atoms with Crippen molar-refractivity contribution in [3.8, 4) is 0 Å². The van der Waals surface area contributed by atoms with Crippen LogP contribution in [-0.4, -0.2) is 18.1 Å². The largest absolute Gasteiger partial charge is 0.469 e. The molecule has 0 fully saturated rings. The molecular weight excluding hydrogens is 292 g/mol. The van der Waals surface area contributed by atoms with E-state index in [9.17, 15) is 4.79 Å². The Labute approximate surface area is 126 Å². The number of rotatable bonds is 5. The van der Waals surface area contributed by atoms with Crippen molar-refractivity contribution in [3.63, 3.8) is 0 Å². The molecule has 0 radical (unpaired) electrons. The second kappa shape index (κ2) is 6.76. The average Bonchev–Trinajstić information content (AvgIpc) is 2.76. The SMILES string of the molecule is COC(=O)Cc1ccccc1CSc1sc(N)nc1C. The van der Waals surface area contributed by atoms with Crippen molar-refractivity contribution >= 4 is 34.2 Å². The molecule has 106 valence electrons. The summed E-state index contributed by atoms with van der Waals surface area (Å²) in [6.07, 6.45) is 0.303. The number of anilines is 1. The number of methoxy groups -OCH3 is 1. The Morgan fingerprint density at radius 2 is 2.10 bits per heavy atom. The van der Waals surface area contributed by atoms with Crippen LogP contribution in [0.5, 0.6) is 0 Å². The predicted molar refractivity (Wildman–Crippen MR) is 83.0 cm³/mol. The minimum absolute atomic E-state index is 0.222. The molecule has 0 aliphatic carbocycles. The lowest BCUT2D eigenvalue weighted by Gasteiger charge is -2.07. The minimum Gasteiger partial charge on any atom is -0.469 e. The number of aryl methyl sites for hydroxylation is 1. The summed E-state index contributed by atoms with van der Waals surface area (Å²) in [6, 6.07) is 7.90. The van der Waals surface area contributed by atoms with E-state index in [-0.39, 0.29) is 5.97 Å². The molecule has 6 heteroatoms. The molecule has 0 aliphatic heterocycles. The zero-order chi connectivity index (χ0) is 14.5. The van der Waals surface area contributed by atoms with Gasteiger partial charge in [-0.1, -0.05) is 35.6 Å². The first-order valence-electron chi connectivity index (χ1n) is 6.09. The second-order valence-electron chi connectivity index (χ2n) is 4.24. The molecule has 0 saturated heterocycles. The summed E-state index contributed by atoms with van der Waals surface area (Å²) in [5, 5.41) is 0.591. The summed E-state index contributed by atoms with van der Waals surface area (Å²) < 4.78 is 5.84. The van der Waals surface area contributed by atoms with Crippen LogP contribution < -0.4 is 5.73 Å². The van der Waals surface area contributed by atoms with Gasteiger partial charge in [-0.3, -0.25) is 4.79 Å². The van der Waals surface area contributed by atoms with Gasteiger partial charge < -0.3 is 10.5 Å². The monoisotopic (exact) mass is 308 g/mol. The molecule has 1 aromatic heterocycles. The summed E-state index contributed by atoms with van der Waals surface area (Å²) in [6.45, 7) is 1.95. The van der Waals surface area contributed by atoms with Gasteiger partial charge in [-0.15, -0.1) is 11.8 Å². The quantitative estimate of drug-likeness (QED) is 0.679. The van der Waals surface area contributed by atoms with E-state index < -0.39 is 0 Å². The molecule has 0 unspecified atom stereocenters. The Balaban J connectivity index is 2.09. The highest BCUT2D eigenvalue weighted by atomic mass is 32.2. The molecule has 4 nitrogen and oxygen atoms in total. The Morgan fingerprint density at radius 1 is 1.40 bits per heavy atom. The van der Waals surface area contributed by atoms with Gasteiger partial charge in [-0.05, 0) is 18.1 Å². The van der Waals surface area contributed by atoms with E-state index in [2.05, 4.69) is 4.98 Å². The van der Waals surface area contributed by atoms with Crippen molar-refractivity contribution in [2.24, 2.45) is 0 Å². The molecule has 1 heterocycles. The third kappa shape index (κ3) is 3.74. The van der Waals surface area contributed by atoms with Crippen molar-refractivity contribution in [2.75, 3.05) is 12.8 Å². The number of aromatic nitrogens is 1. The summed E-state index contributed by atoms with van der Waals surface area (Å²) in [5.41, 5.74) is 8.79. The van der Waals surface area contributed by atoms with Crippen LogP contribution in [0.1, 0.15) is 16.8 Å². The highest BCUT2D eigenvalue weighted by Gasteiger charge is 2.10. The van der Waals surface area contributed by atoms with Crippen molar-refractivity contribution < 1.29 is 9.53 Å². The molecule has 20 heavy (non-hydrogen) atoms. The average molecular weight is 308 g/mol. The lowest BCUT2D eigenvalue weighted by atomic mass is 10.1. The number of thiazole rings is 1. The number of hydrogen-bond acceptors (Lipinski definition) is 6. The van der Waals surface area contributed by atoms with E-state index in [1.54, 1.807) is 11.8 Å². The van der Waals surface area contributed by atoms with Gasteiger partial charge in [0.15, 0.2) is 5.13 Å². The first kappa shape index (κ1) is 14.9. The molecule has 2 N–H and O–H groups in total. The maximum absolute atomic E-state index is 11.4. The number of ether oxygens (including phenoxy) is 1. The number of hydrogen-bond donors (Lipinski definition) is 1. The Bertz CT molecular complexity index is 611. The summed E-state index contributed by atoms with van der Waals surface area (Å²) in [4.78, 5) is 15.6. The molecule has 0 bridgehead atoms. The van der Waals surface area contributed by atoms with Crippen LogP contribution in [0, 0.1) is 6.92 Å². The number of esters is 1. The van der Waals surface area contributed by atoms with Gasteiger partial charge in [0.05, 0.1) is 23.4 Å². The highest BCUT2D eigenvalue weighted by Crippen LogP contribution is 2.33. The van der Waals surface area contributed by atoms with Gasteiger partial charge in [0.2, 0.25) is 0 Å². The lowest BCUT2D eigenvalue weighted by molar-refractivity contribution is -0.139. The first-order valence-corrected chi connectivity index (χ1v) is 7.89. The van der Waals surface area contributed by atoms with E-state index in [1.165, 1.54) is 18.4 Å². The normalized spacial score (nSPS) is 10.5. The molecule has 2 aromatic rings. The third-order valence-corrected chi connectivity index (χ3v) is 5.21. The molecule has 0 saturated carbocycles. The molecule has 0 amide bonds. The maximum atomic E-state index is 11.4. The van der Waals surface area contributed by atoms with E-state index >= 15 is 0 Å². The fourth-order valence-electron chi connectivity index (χ4n) is 1.78. The van der Waals surface area contributed by atoms with Crippen LogP contribution in [0.15, 0.2) is 28.5 Å². The van der Waals surface area contributed by atoms with Gasteiger partial charge in [0.25, 0.3) is 0 Å². The number of nitrogens with two attached hydrogens (primary N) is 1.